The maximum absolute atomic E-state index is 12.6. The summed E-state index contributed by atoms with van der Waals surface area (Å²) in [7, 11) is 0. The Labute approximate surface area is 174 Å². The van der Waals surface area contributed by atoms with E-state index in [0.717, 1.165) is 28.0 Å². The Morgan fingerprint density at radius 2 is 1.63 bits per heavy atom. The van der Waals surface area contributed by atoms with Gasteiger partial charge in [0.15, 0.2) is 0 Å². The summed E-state index contributed by atoms with van der Waals surface area (Å²) in [4.78, 5) is 32.0. The topological polar surface area (TPSA) is 86.9 Å². The van der Waals surface area contributed by atoms with Crippen LogP contribution in [0.3, 0.4) is 0 Å². The second-order valence-electron chi connectivity index (χ2n) is 7.10. The summed E-state index contributed by atoms with van der Waals surface area (Å²) in [5.41, 5.74) is 4.41. The minimum atomic E-state index is -0.376. The van der Waals surface area contributed by atoms with E-state index in [1.165, 1.54) is 6.92 Å². The Hall–Kier alpha value is -3.93. The third-order valence-corrected chi connectivity index (χ3v) is 4.80. The third kappa shape index (κ3) is 4.55. The first-order valence-electron chi connectivity index (χ1n) is 9.75. The number of amides is 2. The maximum Gasteiger partial charge on any atom is 0.226 e. The number of anilines is 1. The lowest BCUT2D eigenvalue weighted by Crippen LogP contribution is -2.29. The highest BCUT2D eigenvalue weighted by molar-refractivity contribution is 5.92. The molecule has 4 rings (SSSR count). The molecule has 30 heavy (non-hydrogen) atoms. The van der Waals surface area contributed by atoms with E-state index in [1.54, 1.807) is 0 Å². The highest BCUT2D eigenvalue weighted by atomic mass is 16.2. The SMILES string of the molecule is CC(=O)NC(CC(=O)Nc1ccc(-c2nc3ccccc3[nH]2)cc1)c1ccccc1. The van der Waals surface area contributed by atoms with Crippen LogP contribution in [0.5, 0.6) is 0 Å². The number of para-hydroxylation sites is 2. The van der Waals surface area contributed by atoms with Crippen LogP contribution in [0.25, 0.3) is 22.4 Å². The number of hydrogen-bond donors (Lipinski definition) is 3. The van der Waals surface area contributed by atoms with Gasteiger partial charge in [-0.3, -0.25) is 9.59 Å². The number of imidazole rings is 1. The average molecular weight is 398 g/mol. The van der Waals surface area contributed by atoms with Crippen molar-refractivity contribution in [3.8, 4) is 11.4 Å². The molecule has 0 saturated carbocycles. The molecule has 6 nitrogen and oxygen atoms in total. The van der Waals surface area contributed by atoms with Crippen molar-refractivity contribution in [3.05, 3.63) is 84.4 Å². The molecule has 1 aromatic heterocycles. The van der Waals surface area contributed by atoms with Gasteiger partial charge in [0.25, 0.3) is 0 Å². The smallest absolute Gasteiger partial charge is 0.226 e. The summed E-state index contributed by atoms with van der Waals surface area (Å²) >= 11 is 0. The Bertz CT molecular complexity index is 1130. The molecule has 0 fully saturated rings. The Balaban J connectivity index is 1.44. The van der Waals surface area contributed by atoms with Crippen molar-refractivity contribution in [1.29, 1.82) is 0 Å². The van der Waals surface area contributed by atoms with E-state index in [1.807, 2.05) is 78.9 Å². The van der Waals surface area contributed by atoms with Crippen LogP contribution in [-0.2, 0) is 9.59 Å². The highest BCUT2D eigenvalue weighted by Crippen LogP contribution is 2.23. The lowest BCUT2D eigenvalue weighted by atomic mass is 10.0. The number of aromatic nitrogens is 2. The standard InChI is InChI=1S/C24H22N4O2/c1-16(29)25-22(17-7-3-2-4-8-17)15-23(30)26-19-13-11-18(12-14-19)24-27-20-9-5-6-10-21(20)28-24/h2-14,22H,15H2,1H3,(H,25,29)(H,26,30)(H,27,28). The summed E-state index contributed by atoms with van der Waals surface area (Å²) in [6.45, 7) is 1.45. The molecule has 0 aliphatic heterocycles. The van der Waals surface area contributed by atoms with E-state index in [-0.39, 0.29) is 24.3 Å². The number of nitrogens with zero attached hydrogens (tertiary/aromatic N) is 1. The minimum absolute atomic E-state index is 0.148. The van der Waals surface area contributed by atoms with E-state index < -0.39 is 0 Å². The fourth-order valence-corrected chi connectivity index (χ4v) is 3.38. The Morgan fingerprint density at radius 1 is 0.933 bits per heavy atom. The van der Waals surface area contributed by atoms with E-state index in [9.17, 15) is 9.59 Å². The van der Waals surface area contributed by atoms with Crippen LogP contribution in [-0.4, -0.2) is 21.8 Å². The zero-order valence-corrected chi connectivity index (χ0v) is 16.6. The van der Waals surface area contributed by atoms with Gasteiger partial charge in [-0.05, 0) is 42.0 Å². The molecule has 0 spiro atoms. The zero-order valence-electron chi connectivity index (χ0n) is 16.6. The summed E-state index contributed by atoms with van der Waals surface area (Å²) in [6.07, 6.45) is 0.148. The summed E-state index contributed by atoms with van der Waals surface area (Å²) in [5, 5.41) is 5.74. The van der Waals surface area contributed by atoms with Crippen LogP contribution in [0.15, 0.2) is 78.9 Å². The Morgan fingerprint density at radius 3 is 2.33 bits per heavy atom. The Kier molecular flexibility index (Phi) is 5.57. The quantitative estimate of drug-likeness (QED) is 0.449. The molecule has 4 aromatic rings. The second kappa shape index (κ2) is 8.61. The van der Waals surface area contributed by atoms with Gasteiger partial charge in [-0.1, -0.05) is 42.5 Å². The monoisotopic (exact) mass is 398 g/mol. The number of carbonyl (C=O) groups excluding carboxylic acids is 2. The fourth-order valence-electron chi connectivity index (χ4n) is 3.38. The van der Waals surface area contributed by atoms with Crippen LogP contribution in [0.2, 0.25) is 0 Å². The van der Waals surface area contributed by atoms with Crippen LogP contribution < -0.4 is 10.6 Å². The molecular formula is C24H22N4O2. The van der Waals surface area contributed by atoms with Gasteiger partial charge < -0.3 is 15.6 Å². The number of fused-ring (bicyclic) bond motifs is 1. The highest BCUT2D eigenvalue weighted by Gasteiger charge is 2.17. The van der Waals surface area contributed by atoms with Gasteiger partial charge in [-0.2, -0.15) is 0 Å². The summed E-state index contributed by atoms with van der Waals surface area (Å²) < 4.78 is 0. The second-order valence-corrected chi connectivity index (χ2v) is 7.10. The number of hydrogen-bond acceptors (Lipinski definition) is 3. The van der Waals surface area contributed by atoms with E-state index in [4.69, 9.17) is 0 Å². The van der Waals surface area contributed by atoms with Gasteiger partial charge in [0.05, 0.1) is 23.5 Å². The molecule has 3 aromatic carbocycles. The molecule has 1 atom stereocenters. The lowest BCUT2D eigenvalue weighted by molar-refractivity contribution is -0.120. The van der Waals surface area contributed by atoms with Crippen molar-refractivity contribution >= 4 is 28.5 Å². The van der Waals surface area contributed by atoms with Crippen molar-refractivity contribution in [2.75, 3.05) is 5.32 Å². The van der Waals surface area contributed by atoms with Crippen LogP contribution in [0.4, 0.5) is 5.69 Å². The molecule has 0 bridgehead atoms. The molecule has 0 aliphatic rings. The molecule has 0 radical (unpaired) electrons. The summed E-state index contributed by atoms with van der Waals surface area (Å²) in [6, 6.07) is 24.5. The molecule has 150 valence electrons. The molecule has 1 unspecified atom stereocenters. The van der Waals surface area contributed by atoms with Crippen LogP contribution >= 0.6 is 0 Å². The largest absolute Gasteiger partial charge is 0.349 e. The van der Waals surface area contributed by atoms with Gasteiger partial charge >= 0.3 is 0 Å². The maximum atomic E-state index is 12.6. The van der Waals surface area contributed by atoms with Gasteiger partial charge in [0, 0.05) is 18.2 Å². The normalized spacial score (nSPS) is 11.8. The predicted molar refractivity (Wildman–Crippen MR) is 118 cm³/mol. The molecule has 0 saturated heterocycles. The number of rotatable bonds is 6. The number of carbonyl (C=O) groups is 2. The minimum Gasteiger partial charge on any atom is -0.349 e. The van der Waals surface area contributed by atoms with Crippen molar-refractivity contribution in [2.45, 2.75) is 19.4 Å². The third-order valence-electron chi connectivity index (χ3n) is 4.80. The van der Waals surface area contributed by atoms with Crippen molar-refractivity contribution in [1.82, 2.24) is 15.3 Å². The van der Waals surface area contributed by atoms with Gasteiger partial charge in [0.2, 0.25) is 11.8 Å². The molecule has 6 heteroatoms. The van der Waals surface area contributed by atoms with Crippen LogP contribution in [0, 0.1) is 0 Å². The molecule has 2 amide bonds. The predicted octanol–water partition coefficient (Wildman–Crippen LogP) is 4.44. The number of H-pyrrole nitrogens is 1. The van der Waals surface area contributed by atoms with Gasteiger partial charge in [-0.15, -0.1) is 0 Å². The average Bonchev–Trinajstić information content (AvgIpc) is 3.18. The first kappa shape index (κ1) is 19.4. The molecule has 1 heterocycles. The van der Waals surface area contributed by atoms with E-state index in [2.05, 4.69) is 20.6 Å². The molecular weight excluding hydrogens is 376 g/mol. The van der Waals surface area contributed by atoms with Crippen molar-refractivity contribution in [2.24, 2.45) is 0 Å². The van der Waals surface area contributed by atoms with Crippen molar-refractivity contribution < 1.29 is 9.59 Å². The fraction of sp³-hybridized carbons (Fsp3) is 0.125. The lowest BCUT2D eigenvalue weighted by Gasteiger charge is -2.18. The summed E-state index contributed by atoms with van der Waals surface area (Å²) in [5.74, 6) is 0.435. The molecule has 3 N–H and O–H groups in total. The zero-order chi connectivity index (χ0) is 20.9. The number of benzene rings is 3. The number of aromatic amines is 1. The van der Waals surface area contributed by atoms with Gasteiger partial charge in [0.1, 0.15) is 5.82 Å². The van der Waals surface area contributed by atoms with E-state index in [0.29, 0.717) is 5.69 Å². The number of nitrogens with one attached hydrogen (secondary N) is 3. The first-order chi connectivity index (χ1) is 14.6. The van der Waals surface area contributed by atoms with Gasteiger partial charge in [-0.25, -0.2) is 4.98 Å². The molecule has 0 aliphatic carbocycles. The van der Waals surface area contributed by atoms with Crippen LogP contribution in [0.1, 0.15) is 24.9 Å². The van der Waals surface area contributed by atoms with Crippen molar-refractivity contribution in [3.63, 3.8) is 0 Å². The van der Waals surface area contributed by atoms with E-state index >= 15 is 0 Å². The first-order valence-corrected chi connectivity index (χ1v) is 9.75.